The molecule has 2 rings (SSSR count). The summed E-state index contributed by atoms with van der Waals surface area (Å²) < 4.78 is 12.0. The van der Waals surface area contributed by atoms with E-state index in [0.29, 0.717) is 29.2 Å². The Balaban J connectivity index is 1.89. The van der Waals surface area contributed by atoms with Crippen LogP contribution in [0.2, 0.25) is 5.02 Å². The largest absolute Gasteiger partial charge is 0.490 e. The molecule has 0 amide bonds. The van der Waals surface area contributed by atoms with Crippen LogP contribution in [-0.2, 0) is 4.74 Å². The quantitative estimate of drug-likeness (QED) is 0.862. The Hall–Kier alpha value is -0.450. The lowest BCUT2D eigenvalue weighted by Gasteiger charge is -2.13. The van der Waals surface area contributed by atoms with Gasteiger partial charge < -0.3 is 15.2 Å². The maximum atomic E-state index is 5.87. The van der Waals surface area contributed by atoms with Gasteiger partial charge in [-0.05, 0) is 40.9 Å². The summed E-state index contributed by atoms with van der Waals surface area (Å²) in [4.78, 5) is 0. The van der Waals surface area contributed by atoms with E-state index < -0.39 is 0 Å². The highest BCUT2D eigenvalue weighted by Gasteiger charge is 2.16. The average molecular weight is 321 g/mol. The normalized spacial score (nSPS) is 19.5. The fraction of sp³-hybridized carbons (Fsp3) is 0.500. The minimum Gasteiger partial charge on any atom is -0.490 e. The van der Waals surface area contributed by atoms with E-state index in [2.05, 4.69) is 15.9 Å². The Morgan fingerprint density at radius 3 is 3.00 bits per heavy atom. The van der Waals surface area contributed by atoms with Gasteiger partial charge in [0.15, 0.2) is 5.75 Å². The fourth-order valence-electron chi connectivity index (χ4n) is 1.90. The lowest BCUT2D eigenvalue weighted by Crippen LogP contribution is -2.11. The Kier molecular flexibility index (Phi) is 4.54. The average Bonchev–Trinajstić information content (AvgIpc) is 2.74. The molecule has 1 aliphatic heterocycles. The van der Waals surface area contributed by atoms with Gasteiger partial charge in [-0.1, -0.05) is 11.6 Å². The second-order valence-corrected chi connectivity index (χ2v) is 5.37. The predicted octanol–water partition coefficient (Wildman–Crippen LogP) is 3.63. The van der Waals surface area contributed by atoms with Crippen LogP contribution < -0.4 is 10.5 Å². The zero-order valence-corrected chi connectivity index (χ0v) is 11.8. The molecule has 0 aliphatic carbocycles. The Morgan fingerprint density at radius 1 is 1.53 bits per heavy atom. The van der Waals surface area contributed by atoms with Crippen molar-refractivity contribution in [3.05, 3.63) is 21.6 Å². The lowest BCUT2D eigenvalue weighted by atomic mass is 10.2. The number of anilines is 1. The van der Waals surface area contributed by atoms with Crippen molar-refractivity contribution >= 4 is 33.2 Å². The molecule has 3 nitrogen and oxygen atoms in total. The SMILES string of the molecule is Nc1cc(Cl)cc(Br)c1OCCC1CCCO1. The monoisotopic (exact) mass is 319 g/mol. The third kappa shape index (κ3) is 3.50. The summed E-state index contributed by atoms with van der Waals surface area (Å²) in [5.74, 6) is 0.660. The highest BCUT2D eigenvalue weighted by atomic mass is 79.9. The number of halogens is 2. The molecule has 1 aromatic carbocycles. The molecule has 2 N–H and O–H groups in total. The first-order valence-corrected chi connectivity index (χ1v) is 6.83. The molecule has 1 saturated heterocycles. The van der Waals surface area contributed by atoms with Gasteiger partial charge in [0.25, 0.3) is 0 Å². The Labute approximate surface area is 114 Å². The number of hydrogen-bond donors (Lipinski definition) is 1. The zero-order chi connectivity index (χ0) is 12.3. The highest BCUT2D eigenvalue weighted by Crippen LogP contribution is 2.34. The minimum atomic E-state index is 0.335. The van der Waals surface area contributed by atoms with E-state index in [1.165, 1.54) is 0 Å². The molecule has 1 atom stereocenters. The molecule has 0 aromatic heterocycles. The number of nitrogens with two attached hydrogens (primary N) is 1. The Bertz CT molecular complexity index is 371. The smallest absolute Gasteiger partial charge is 0.156 e. The molecule has 17 heavy (non-hydrogen) atoms. The van der Waals surface area contributed by atoms with Gasteiger partial charge in [-0.3, -0.25) is 0 Å². The van der Waals surface area contributed by atoms with Gasteiger partial charge >= 0.3 is 0 Å². The first kappa shape index (κ1) is 13.0. The van der Waals surface area contributed by atoms with Crippen LogP contribution in [0.1, 0.15) is 19.3 Å². The fourth-order valence-corrected chi connectivity index (χ4v) is 2.85. The lowest BCUT2D eigenvalue weighted by molar-refractivity contribution is 0.0903. The molecular formula is C12H15BrClNO2. The molecule has 0 saturated carbocycles. The molecule has 94 valence electrons. The van der Waals surface area contributed by atoms with E-state index in [4.69, 9.17) is 26.8 Å². The van der Waals surface area contributed by atoms with Crippen molar-refractivity contribution in [3.8, 4) is 5.75 Å². The summed E-state index contributed by atoms with van der Waals surface area (Å²) >= 11 is 9.27. The number of rotatable bonds is 4. The Morgan fingerprint density at radius 2 is 2.35 bits per heavy atom. The van der Waals surface area contributed by atoms with Crippen molar-refractivity contribution in [1.82, 2.24) is 0 Å². The number of hydrogen-bond acceptors (Lipinski definition) is 3. The summed E-state index contributed by atoms with van der Waals surface area (Å²) in [6.07, 6.45) is 3.51. The molecule has 1 aromatic rings. The van der Waals surface area contributed by atoms with Gasteiger partial charge in [0.05, 0.1) is 22.9 Å². The van der Waals surface area contributed by atoms with E-state index in [-0.39, 0.29) is 0 Å². The first-order chi connectivity index (χ1) is 8.16. The molecule has 1 heterocycles. The molecule has 5 heteroatoms. The van der Waals surface area contributed by atoms with Gasteiger partial charge in [0.2, 0.25) is 0 Å². The van der Waals surface area contributed by atoms with Crippen molar-refractivity contribution in [2.45, 2.75) is 25.4 Å². The number of benzene rings is 1. The second-order valence-electron chi connectivity index (χ2n) is 4.08. The molecular weight excluding hydrogens is 305 g/mol. The maximum absolute atomic E-state index is 5.87. The molecule has 1 unspecified atom stereocenters. The maximum Gasteiger partial charge on any atom is 0.156 e. The van der Waals surface area contributed by atoms with Crippen molar-refractivity contribution in [1.29, 1.82) is 0 Å². The van der Waals surface area contributed by atoms with Crippen LogP contribution in [0.3, 0.4) is 0 Å². The van der Waals surface area contributed by atoms with Crippen LogP contribution in [0.15, 0.2) is 16.6 Å². The molecule has 0 radical (unpaired) electrons. The van der Waals surface area contributed by atoms with E-state index >= 15 is 0 Å². The zero-order valence-electron chi connectivity index (χ0n) is 9.42. The van der Waals surface area contributed by atoms with Crippen molar-refractivity contribution in [2.75, 3.05) is 18.9 Å². The summed E-state index contributed by atoms with van der Waals surface area (Å²) in [7, 11) is 0. The highest BCUT2D eigenvalue weighted by molar-refractivity contribution is 9.10. The van der Waals surface area contributed by atoms with Gasteiger partial charge in [0, 0.05) is 18.1 Å². The van der Waals surface area contributed by atoms with E-state index in [9.17, 15) is 0 Å². The van der Waals surface area contributed by atoms with Crippen LogP contribution >= 0.6 is 27.5 Å². The summed E-state index contributed by atoms with van der Waals surface area (Å²) in [6.45, 7) is 1.48. The first-order valence-electron chi connectivity index (χ1n) is 5.66. The summed E-state index contributed by atoms with van der Waals surface area (Å²) in [5.41, 5.74) is 6.40. The van der Waals surface area contributed by atoms with Gasteiger partial charge in [-0.15, -0.1) is 0 Å². The third-order valence-electron chi connectivity index (χ3n) is 2.75. The molecule has 0 bridgehead atoms. The van der Waals surface area contributed by atoms with E-state index in [0.717, 1.165) is 30.3 Å². The molecule has 0 spiro atoms. The number of ether oxygens (including phenoxy) is 2. The van der Waals surface area contributed by atoms with Gasteiger partial charge in [-0.2, -0.15) is 0 Å². The predicted molar refractivity (Wildman–Crippen MR) is 72.7 cm³/mol. The minimum absolute atomic E-state index is 0.335. The third-order valence-corrected chi connectivity index (χ3v) is 3.55. The van der Waals surface area contributed by atoms with Crippen LogP contribution in [0.25, 0.3) is 0 Å². The van der Waals surface area contributed by atoms with Gasteiger partial charge in [-0.25, -0.2) is 0 Å². The van der Waals surface area contributed by atoms with E-state index in [1.54, 1.807) is 12.1 Å². The van der Waals surface area contributed by atoms with Crippen LogP contribution in [0.4, 0.5) is 5.69 Å². The van der Waals surface area contributed by atoms with Gasteiger partial charge in [0.1, 0.15) is 0 Å². The van der Waals surface area contributed by atoms with Crippen molar-refractivity contribution in [3.63, 3.8) is 0 Å². The second kappa shape index (κ2) is 5.94. The van der Waals surface area contributed by atoms with Crippen molar-refractivity contribution in [2.24, 2.45) is 0 Å². The van der Waals surface area contributed by atoms with Crippen LogP contribution in [0.5, 0.6) is 5.75 Å². The number of nitrogen functional groups attached to an aromatic ring is 1. The summed E-state index contributed by atoms with van der Waals surface area (Å²) in [5, 5.41) is 0.598. The molecule has 1 fully saturated rings. The summed E-state index contributed by atoms with van der Waals surface area (Å²) in [6, 6.07) is 3.47. The van der Waals surface area contributed by atoms with E-state index in [1.807, 2.05) is 0 Å². The molecule has 1 aliphatic rings. The standard InChI is InChI=1S/C12H15BrClNO2/c13-10-6-8(14)7-11(15)12(10)17-5-3-9-2-1-4-16-9/h6-7,9H,1-5,15H2. The van der Waals surface area contributed by atoms with Crippen LogP contribution in [0, 0.1) is 0 Å². The van der Waals surface area contributed by atoms with Crippen molar-refractivity contribution < 1.29 is 9.47 Å². The van der Waals surface area contributed by atoms with Crippen LogP contribution in [-0.4, -0.2) is 19.3 Å². The topological polar surface area (TPSA) is 44.5 Å².